The molecule has 1 fully saturated rings. The number of hydrogen-bond donors (Lipinski definition) is 2. The molecule has 0 aromatic carbocycles. The monoisotopic (exact) mass is 382 g/mol. The molecule has 1 heterocycles. The minimum Gasteiger partial charge on any atom is -0.356 e. The minimum absolute atomic E-state index is 0.551. The summed E-state index contributed by atoms with van der Waals surface area (Å²) in [4.78, 5) is 12.0. The summed E-state index contributed by atoms with van der Waals surface area (Å²) < 4.78 is 0. The van der Waals surface area contributed by atoms with E-state index in [0.29, 0.717) is 24.0 Å². The third kappa shape index (κ3) is 8.79. The summed E-state index contributed by atoms with van der Waals surface area (Å²) in [5.41, 5.74) is 0. The van der Waals surface area contributed by atoms with Gasteiger partial charge in [-0.05, 0) is 47.1 Å². The molecule has 2 N–H and O–H groups in total. The van der Waals surface area contributed by atoms with E-state index in [1.165, 1.54) is 13.1 Å². The molecule has 0 bridgehead atoms. The van der Waals surface area contributed by atoms with Gasteiger partial charge in [-0.3, -0.25) is 14.8 Å². The summed E-state index contributed by atoms with van der Waals surface area (Å²) in [6, 6.07) is 1.74. The fraction of sp³-hybridized carbons (Fsp3) is 0.952. The molecule has 0 aromatic heterocycles. The van der Waals surface area contributed by atoms with Gasteiger partial charge in [-0.15, -0.1) is 0 Å². The van der Waals surface area contributed by atoms with Crippen molar-refractivity contribution in [3.8, 4) is 0 Å². The molecule has 1 atom stereocenters. The molecule has 1 unspecified atom stereocenters. The van der Waals surface area contributed by atoms with Crippen molar-refractivity contribution in [1.82, 2.24) is 25.3 Å². The van der Waals surface area contributed by atoms with Crippen molar-refractivity contribution < 1.29 is 0 Å². The second-order valence-electron chi connectivity index (χ2n) is 8.81. The molecule has 1 saturated heterocycles. The standard InChI is InChI=1S/C21H46N6/c1-17(2)20(26-14-12-25(8)13-15-26)16-24-21(22-7)23-10-9-11-27(18(3)4)19(5)6/h17-20H,9-16H2,1-8H3,(H2,22,23,24). The van der Waals surface area contributed by atoms with Gasteiger partial charge in [0, 0.05) is 71.0 Å². The molecule has 0 aromatic rings. The van der Waals surface area contributed by atoms with E-state index in [9.17, 15) is 0 Å². The molecule has 0 radical (unpaired) electrons. The van der Waals surface area contributed by atoms with Crippen molar-refractivity contribution in [2.75, 3.05) is 59.9 Å². The second-order valence-corrected chi connectivity index (χ2v) is 8.81. The lowest BCUT2D eigenvalue weighted by molar-refractivity contribution is 0.0900. The van der Waals surface area contributed by atoms with E-state index in [-0.39, 0.29) is 0 Å². The van der Waals surface area contributed by atoms with Crippen molar-refractivity contribution in [3.63, 3.8) is 0 Å². The first-order valence-electron chi connectivity index (χ1n) is 10.9. The number of likely N-dealkylation sites (N-methyl/N-ethyl adjacent to an activating group) is 1. The van der Waals surface area contributed by atoms with Crippen LogP contribution in [-0.2, 0) is 0 Å². The number of rotatable bonds is 10. The first-order valence-corrected chi connectivity index (χ1v) is 10.9. The Bertz CT molecular complexity index is 405. The van der Waals surface area contributed by atoms with E-state index in [1.807, 2.05) is 7.05 Å². The summed E-state index contributed by atoms with van der Waals surface area (Å²) in [5, 5.41) is 7.06. The van der Waals surface area contributed by atoms with Gasteiger partial charge in [-0.25, -0.2) is 0 Å². The van der Waals surface area contributed by atoms with Crippen LogP contribution in [0.2, 0.25) is 0 Å². The van der Waals surface area contributed by atoms with Crippen LogP contribution in [0.4, 0.5) is 0 Å². The Morgan fingerprint density at radius 1 is 0.963 bits per heavy atom. The first kappa shape index (κ1) is 24.2. The molecular formula is C21H46N6. The largest absolute Gasteiger partial charge is 0.356 e. The van der Waals surface area contributed by atoms with Crippen molar-refractivity contribution >= 4 is 5.96 Å². The molecule has 0 aliphatic carbocycles. The molecular weight excluding hydrogens is 336 g/mol. The smallest absolute Gasteiger partial charge is 0.191 e. The quantitative estimate of drug-likeness (QED) is 0.343. The van der Waals surface area contributed by atoms with Crippen LogP contribution in [0.25, 0.3) is 0 Å². The third-order valence-corrected chi connectivity index (χ3v) is 5.69. The van der Waals surface area contributed by atoms with E-state index >= 15 is 0 Å². The average molecular weight is 383 g/mol. The summed E-state index contributed by atoms with van der Waals surface area (Å²) in [7, 11) is 4.08. The predicted octanol–water partition coefficient (Wildman–Crippen LogP) is 1.93. The van der Waals surface area contributed by atoms with Crippen LogP contribution in [0.1, 0.15) is 48.0 Å². The van der Waals surface area contributed by atoms with Crippen LogP contribution in [0.5, 0.6) is 0 Å². The molecule has 0 spiro atoms. The van der Waals surface area contributed by atoms with Crippen LogP contribution >= 0.6 is 0 Å². The fourth-order valence-electron chi connectivity index (χ4n) is 3.94. The summed E-state index contributed by atoms with van der Waals surface area (Å²) >= 11 is 0. The van der Waals surface area contributed by atoms with E-state index in [2.05, 4.69) is 78.9 Å². The Labute approximate surface area is 168 Å². The number of guanidine groups is 1. The van der Waals surface area contributed by atoms with Crippen molar-refractivity contribution in [2.24, 2.45) is 10.9 Å². The first-order chi connectivity index (χ1) is 12.8. The highest BCUT2D eigenvalue weighted by atomic mass is 15.3. The van der Waals surface area contributed by atoms with E-state index in [0.717, 1.165) is 45.1 Å². The number of piperazine rings is 1. The average Bonchev–Trinajstić information content (AvgIpc) is 2.60. The van der Waals surface area contributed by atoms with Gasteiger partial charge < -0.3 is 15.5 Å². The lowest BCUT2D eigenvalue weighted by atomic mass is 10.0. The molecule has 6 heteroatoms. The van der Waals surface area contributed by atoms with Gasteiger partial charge in [0.15, 0.2) is 5.96 Å². The third-order valence-electron chi connectivity index (χ3n) is 5.69. The van der Waals surface area contributed by atoms with Gasteiger partial charge in [-0.2, -0.15) is 0 Å². The molecule has 6 nitrogen and oxygen atoms in total. The van der Waals surface area contributed by atoms with Gasteiger partial charge in [0.1, 0.15) is 0 Å². The van der Waals surface area contributed by atoms with Crippen molar-refractivity contribution in [1.29, 1.82) is 0 Å². The number of hydrogen-bond acceptors (Lipinski definition) is 4. The van der Waals surface area contributed by atoms with E-state index in [4.69, 9.17) is 0 Å². The molecule has 1 aliphatic rings. The predicted molar refractivity (Wildman–Crippen MR) is 119 cm³/mol. The van der Waals surface area contributed by atoms with Crippen LogP contribution in [0.3, 0.4) is 0 Å². The Kier molecular flexibility index (Phi) is 11.3. The highest BCUT2D eigenvalue weighted by molar-refractivity contribution is 5.79. The maximum atomic E-state index is 4.42. The van der Waals surface area contributed by atoms with Gasteiger partial charge >= 0.3 is 0 Å². The summed E-state index contributed by atoms with van der Waals surface area (Å²) in [5.74, 6) is 1.56. The lowest BCUT2D eigenvalue weighted by Gasteiger charge is -2.40. The number of nitrogens with one attached hydrogen (secondary N) is 2. The van der Waals surface area contributed by atoms with Crippen molar-refractivity contribution in [3.05, 3.63) is 0 Å². The zero-order valence-corrected chi connectivity index (χ0v) is 19.3. The van der Waals surface area contributed by atoms with Crippen molar-refractivity contribution in [2.45, 2.75) is 66.1 Å². The molecule has 1 aliphatic heterocycles. The highest BCUT2D eigenvalue weighted by Gasteiger charge is 2.25. The fourth-order valence-corrected chi connectivity index (χ4v) is 3.94. The van der Waals surface area contributed by atoms with Gasteiger partial charge in [0.25, 0.3) is 0 Å². The Balaban J connectivity index is 2.39. The van der Waals surface area contributed by atoms with Crippen LogP contribution in [0.15, 0.2) is 4.99 Å². The number of aliphatic imine (C=N–C) groups is 1. The Hall–Kier alpha value is -0.850. The van der Waals surface area contributed by atoms with Gasteiger partial charge in [0.05, 0.1) is 0 Å². The zero-order chi connectivity index (χ0) is 20.4. The Morgan fingerprint density at radius 3 is 2.04 bits per heavy atom. The van der Waals surface area contributed by atoms with Crippen LogP contribution < -0.4 is 10.6 Å². The molecule has 1 rings (SSSR count). The summed E-state index contributed by atoms with van der Waals surface area (Å²) in [6.45, 7) is 21.4. The topological polar surface area (TPSA) is 46.1 Å². The molecule has 160 valence electrons. The molecule has 0 saturated carbocycles. The van der Waals surface area contributed by atoms with E-state index in [1.54, 1.807) is 0 Å². The van der Waals surface area contributed by atoms with Gasteiger partial charge in [0.2, 0.25) is 0 Å². The number of nitrogens with zero attached hydrogens (tertiary/aromatic N) is 4. The lowest BCUT2D eigenvalue weighted by Crippen LogP contribution is -2.55. The maximum absolute atomic E-state index is 4.42. The minimum atomic E-state index is 0.551. The molecule has 0 amide bonds. The summed E-state index contributed by atoms with van der Waals surface area (Å²) in [6.07, 6.45) is 1.13. The SMILES string of the molecule is CN=C(NCCCN(C(C)C)C(C)C)NCC(C(C)C)N1CCN(C)CC1. The Morgan fingerprint density at radius 2 is 1.56 bits per heavy atom. The normalized spacial score (nSPS) is 18.7. The molecule has 27 heavy (non-hydrogen) atoms. The maximum Gasteiger partial charge on any atom is 0.191 e. The van der Waals surface area contributed by atoms with Gasteiger partial charge in [-0.1, -0.05) is 13.8 Å². The zero-order valence-electron chi connectivity index (χ0n) is 19.3. The second kappa shape index (κ2) is 12.6. The highest BCUT2D eigenvalue weighted by Crippen LogP contribution is 2.12. The van der Waals surface area contributed by atoms with E-state index < -0.39 is 0 Å². The van der Waals surface area contributed by atoms with Crippen LogP contribution in [-0.4, -0.2) is 98.7 Å². The van der Waals surface area contributed by atoms with Crippen LogP contribution in [0, 0.1) is 5.92 Å².